The molecule has 1 aromatic heterocycles. The number of carboxylic acids is 1. The predicted molar refractivity (Wildman–Crippen MR) is 75.5 cm³/mol. The van der Waals surface area contributed by atoms with Gasteiger partial charge in [0, 0.05) is 18.3 Å². The monoisotopic (exact) mass is 281 g/mol. The molecule has 2 unspecified atom stereocenters. The molecule has 0 aliphatic carbocycles. The lowest BCUT2D eigenvalue weighted by Gasteiger charge is -2.17. The van der Waals surface area contributed by atoms with Gasteiger partial charge >= 0.3 is 5.97 Å². The van der Waals surface area contributed by atoms with Crippen LogP contribution in [0.25, 0.3) is 0 Å². The molecule has 0 aromatic carbocycles. The molecule has 1 rings (SSSR count). The number of rotatable bonds is 6. The van der Waals surface area contributed by atoms with E-state index in [1.54, 1.807) is 18.5 Å². The molecular formula is C14H23N3O3. The van der Waals surface area contributed by atoms with Crippen molar-refractivity contribution in [2.75, 3.05) is 0 Å². The fraction of sp³-hybridized carbons (Fsp3) is 0.643. The zero-order valence-corrected chi connectivity index (χ0v) is 12.7. The van der Waals surface area contributed by atoms with Gasteiger partial charge in [0.05, 0.1) is 17.7 Å². The first-order valence-electron chi connectivity index (χ1n) is 6.80. The van der Waals surface area contributed by atoms with E-state index in [1.165, 1.54) is 6.20 Å². The van der Waals surface area contributed by atoms with Crippen molar-refractivity contribution < 1.29 is 14.7 Å². The summed E-state index contributed by atoms with van der Waals surface area (Å²) in [5.41, 5.74) is 1.29. The molecule has 0 saturated carbocycles. The Bertz CT molecular complexity index is 494. The summed E-state index contributed by atoms with van der Waals surface area (Å²) in [6, 6.07) is -0.437. The molecule has 1 aromatic rings. The third-order valence-corrected chi connectivity index (χ3v) is 3.38. The molecule has 0 aliphatic heterocycles. The van der Waals surface area contributed by atoms with Crippen LogP contribution in [0.1, 0.15) is 43.7 Å². The lowest BCUT2D eigenvalue weighted by Crippen LogP contribution is -2.40. The van der Waals surface area contributed by atoms with E-state index in [2.05, 4.69) is 24.3 Å². The maximum absolute atomic E-state index is 12.1. The van der Waals surface area contributed by atoms with Crippen LogP contribution in [0.2, 0.25) is 0 Å². The number of nitrogens with zero attached hydrogens (tertiary/aromatic N) is 2. The molecular weight excluding hydrogens is 258 g/mol. The Kier molecular flexibility index (Phi) is 5.30. The van der Waals surface area contributed by atoms with Gasteiger partial charge in [-0.25, -0.2) is 0 Å². The molecule has 0 saturated heterocycles. The van der Waals surface area contributed by atoms with Crippen LogP contribution in [0.3, 0.4) is 0 Å². The van der Waals surface area contributed by atoms with Crippen molar-refractivity contribution >= 4 is 11.9 Å². The second kappa shape index (κ2) is 6.54. The highest BCUT2D eigenvalue weighted by Gasteiger charge is 2.23. The van der Waals surface area contributed by atoms with E-state index in [0.717, 1.165) is 12.2 Å². The average molecular weight is 281 g/mol. The summed E-state index contributed by atoms with van der Waals surface area (Å²) in [6.45, 7) is 10.0. The van der Waals surface area contributed by atoms with Crippen LogP contribution in [0, 0.1) is 18.8 Å². The van der Waals surface area contributed by atoms with Crippen LogP contribution in [0.15, 0.2) is 6.20 Å². The Morgan fingerprint density at radius 2 is 1.95 bits per heavy atom. The molecule has 20 heavy (non-hydrogen) atoms. The number of nitrogens with one attached hydrogen (secondary N) is 1. The van der Waals surface area contributed by atoms with Crippen molar-refractivity contribution in [1.29, 1.82) is 0 Å². The molecule has 0 fully saturated rings. The van der Waals surface area contributed by atoms with Crippen molar-refractivity contribution in [3.8, 4) is 0 Å². The highest BCUT2D eigenvalue weighted by Crippen LogP contribution is 2.11. The Hall–Kier alpha value is -1.85. The van der Waals surface area contributed by atoms with Gasteiger partial charge in [-0.2, -0.15) is 5.10 Å². The van der Waals surface area contributed by atoms with Crippen molar-refractivity contribution in [2.24, 2.45) is 11.8 Å². The first-order valence-corrected chi connectivity index (χ1v) is 6.80. The van der Waals surface area contributed by atoms with Crippen molar-refractivity contribution in [3.05, 3.63) is 17.5 Å². The van der Waals surface area contributed by atoms with Crippen LogP contribution >= 0.6 is 0 Å². The van der Waals surface area contributed by atoms with Gasteiger partial charge in [-0.15, -0.1) is 0 Å². The smallest absolute Gasteiger partial charge is 0.308 e. The van der Waals surface area contributed by atoms with Gasteiger partial charge in [-0.3, -0.25) is 14.3 Å². The summed E-state index contributed by atoms with van der Waals surface area (Å²) in [5, 5.41) is 15.8. The second-order valence-corrected chi connectivity index (χ2v) is 5.61. The van der Waals surface area contributed by atoms with Crippen LogP contribution in [-0.2, 0) is 11.3 Å². The second-order valence-electron chi connectivity index (χ2n) is 5.61. The topological polar surface area (TPSA) is 84.2 Å². The van der Waals surface area contributed by atoms with Gasteiger partial charge in [0.15, 0.2) is 0 Å². The van der Waals surface area contributed by atoms with E-state index in [0.29, 0.717) is 11.5 Å². The van der Waals surface area contributed by atoms with Crippen molar-refractivity contribution in [3.63, 3.8) is 0 Å². The summed E-state index contributed by atoms with van der Waals surface area (Å²) in [7, 11) is 0. The first kappa shape index (κ1) is 16.2. The molecule has 0 spiro atoms. The number of hydrogen-bond acceptors (Lipinski definition) is 3. The Morgan fingerprint density at radius 3 is 2.45 bits per heavy atom. The molecule has 6 heteroatoms. The van der Waals surface area contributed by atoms with E-state index in [4.69, 9.17) is 5.11 Å². The summed E-state index contributed by atoms with van der Waals surface area (Å²) in [4.78, 5) is 23.0. The molecule has 112 valence electrons. The van der Waals surface area contributed by atoms with Gasteiger partial charge in [0.1, 0.15) is 0 Å². The fourth-order valence-electron chi connectivity index (χ4n) is 1.82. The zero-order valence-electron chi connectivity index (χ0n) is 12.7. The largest absolute Gasteiger partial charge is 0.481 e. The van der Waals surface area contributed by atoms with Gasteiger partial charge in [0.25, 0.3) is 5.91 Å². The Balaban J connectivity index is 2.78. The SMILES string of the molecule is Cc1c(C(=O)NC(C)C(C)C(=O)O)cnn1CC(C)C. The summed E-state index contributed by atoms with van der Waals surface area (Å²) < 4.78 is 1.80. The summed E-state index contributed by atoms with van der Waals surface area (Å²) >= 11 is 0. The minimum atomic E-state index is -0.926. The lowest BCUT2D eigenvalue weighted by atomic mass is 10.0. The van der Waals surface area contributed by atoms with E-state index in [-0.39, 0.29) is 5.91 Å². The van der Waals surface area contributed by atoms with E-state index in [9.17, 15) is 9.59 Å². The fourth-order valence-corrected chi connectivity index (χ4v) is 1.82. The van der Waals surface area contributed by atoms with E-state index >= 15 is 0 Å². The van der Waals surface area contributed by atoms with E-state index < -0.39 is 17.9 Å². The molecule has 2 atom stereocenters. The van der Waals surface area contributed by atoms with Crippen LogP contribution < -0.4 is 5.32 Å². The predicted octanol–water partition coefficient (Wildman–Crippen LogP) is 1.69. The van der Waals surface area contributed by atoms with Gasteiger partial charge < -0.3 is 10.4 Å². The highest BCUT2D eigenvalue weighted by atomic mass is 16.4. The molecule has 2 N–H and O–H groups in total. The standard InChI is InChI=1S/C14H23N3O3/c1-8(2)7-17-11(5)12(6-15-17)13(18)16-10(4)9(3)14(19)20/h6,8-10H,7H2,1-5H3,(H,16,18)(H,19,20). The third kappa shape index (κ3) is 3.82. The van der Waals surface area contributed by atoms with Gasteiger partial charge in [-0.05, 0) is 26.7 Å². The molecule has 0 radical (unpaired) electrons. The first-order chi connectivity index (χ1) is 9.23. The normalized spacial score (nSPS) is 14.1. The maximum atomic E-state index is 12.1. The number of amides is 1. The van der Waals surface area contributed by atoms with Crippen molar-refractivity contribution in [2.45, 2.75) is 47.2 Å². The Labute approximate surface area is 119 Å². The number of aromatic nitrogens is 2. The van der Waals surface area contributed by atoms with Crippen LogP contribution in [0.4, 0.5) is 0 Å². The average Bonchev–Trinajstić information content (AvgIpc) is 2.69. The number of carboxylic acid groups (broad SMARTS) is 1. The third-order valence-electron chi connectivity index (χ3n) is 3.38. The lowest BCUT2D eigenvalue weighted by molar-refractivity contribution is -0.141. The summed E-state index contributed by atoms with van der Waals surface area (Å²) in [6.07, 6.45) is 1.53. The highest BCUT2D eigenvalue weighted by molar-refractivity contribution is 5.95. The Morgan fingerprint density at radius 1 is 1.35 bits per heavy atom. The number of carbonyl (C=O) groups excluding carboxylic acids is 1. The summed E-state index contributed by atoms with van der Waals surface area (Å²) in [5.74, 6) is -1.40. The minimum Gasteiger partial charge on any atom is -0.481 e. The quantitative estimate of drug-likeness (QED) is 0.831. The molecule has 1 heterocycles. The number of aliphatic carboxylic acids is 1. The number of hydrogen-bond donors (Lipinski definition) is 2. The van der Waals surface area contributed by atoms with Crippen molar-refractivity contribution in [1.82, 2.24) is 15.1 Å². The zero-order chi connectivity index (χ0) is 15.4. The molecule has 6 nitrogen and oxygen atoms in total. The molecule has 0 bridgehead atoms. The minimum absolute atomic E-state index is 0.280. The van der Waals surface area contributed by atoms with Crippen LogP contribution in [0.5, 0.6) is 0 Å². The molecule has 0 aliphatic rings. The van der Waals surface area contributed by atoms with Gasteiger partial charge in [-0.1, -0.05) is 13.8 Å². The van der Waals surface area contributed by atoms with Crippen LogP contribution in [-0.4, -0.2) is 32.8 Å². The van der Waals surface area contributed by atoms with E-state index in [1.807, 2.05) is 6.92 Å². The molecule has 1 amide bonds. The maximum Gasteiger partial charge on any atom is 0.308 e. The number of carbonyl (C=O) groups is 2. The van der Waals surface area contributed by atoms with Gasteiger partial charge in [0.2, 0.25) is 0 Å².